The van der Waals surface area contributed by atoms with Crippen LogP contribution >= 0.6 is 0 Å². The summed E-state index contributed by atoms with van der Waals surface area (Å²) in [4.78, 5) is 37.5. The smallest absolute Gasteiger partial charge is 0.333 e. The number of carbonyl (C=O) groups excluding carboxylic acids is 3. The summed E-state index contributed by atoms with van der Waals surface area (Å²) in [5.41, 5.74) is -2.95. The standard InChI is InChI=1S/C27H36O7/c1-8-14(2)23(30)33-13-18-10-19-21-24(6,7)26(21,34-17(5)28)11-16(4)27(19,32)20-9-15(3)22(29)25(20,31)12-18/h8-10,16,19-21,31-32H,11-13H2,1-7H3/b14-8-/t16-,19+,20-,21-,25-,26+,27-/m1/s1. The highest BCUT2D eigenvalue weighted by molar-refractivity contribution is 6.04. The fourth-order valence-corrected chi connectivity index (χ4v) is 7.23. The molecule has 0 aliphatic heterocycles. The van der Waals surface area contributed by atoms with E-state index in [4.69, 9.17) is 9.47 Å². The lowest BCUT2D eigenvalue weighted by molar-refractivity contribution is -0.186. The van der Waals surface area contributed by atoms with Crippen LogP contribution < -0.4 is 0 Å². The van der Waals surface area contributed by atoms with Crippen molar-refractivity contribution in [1.29, 1.82) is 0 Å². The van der Waals surface area contributed by atoms with E-state index in [1.165, 1.54) is 6.92 Å². The average molecular weight is 473 g/mol. The number of Topliss-reactive ketones (excluding diaryl/α,β-unsaturated/α-hetero) is 1. The van der Waals surface area contributed by atoms with E-state index in [1.807, 2.05) is 26.8 Å². The van der Waals surface area contributed by atoms with Gasteiger partial charge in [-0.1, -0.05) is 39.0 Å². The Balaban J connectivity index is 1.82. The van der Waals surface area contributed by atoms with Crippen LogP contribution in [0.5, 0.6) is 0 Å². The molecular weight excluding hydrogens is 436 g/mol. The number of ether oxygens (including phenoxy) is 2. The monoisotopic (exact) mass is 472 g/mol. The van der Waals surface area contributed by atoms with Crippen LogP contribution in [0.25, 0.3) is 0 Å². The molecular formula is C27H36O7. The molecule has 0 aromatic heterocycles. The number of ketones is 1. The maximum atomic E-state index is 13.2. The van der Waals surface area contributed by atoms with Gasteiger partial charge in [-0.2, -0.15) is 0 Å². The predicted octanol–water partition coefficient (Wildman–Crippen LogP) is 3.05. The van der Waals surface area contributed by atoms with Gasteiger partial charge in [-0.15, -0.1) is 0 Å². The van der Waals surface area contributed by atoms with Crippen molar-refractivity contribution in [3.63, 3.8) is 0 Å². The first-order chi connectivity index (χ1) is 15.7. The highest BCUT2D eigenvalue weighted by Gasteiger charge is 2.83. The quantitative estimate of drug-likeness (QED) is 0.368. The second kappa shape index (κ2) is 7.62. The zero-order chi connectivity index (χ0) is 25.4. The van der Waals surface area contributed by atoms with Crippen molar-refractivity contribution >= 4 is 17.7 Å². The Morgan fingerprint density at radius 1 is 1.21 bits per heavy atom. The molecule has 0 saturated heterocycles. The second-order valence-corrected chi connectivity index (χ2v) is 11.3. The van der Waals surface area contributed by atoms with Crippen LogP contribution in [0, 0.1) is 29.1 Å². The molecule has 2 saturated carbocycles. The molecule has 0 aromatic rings. The summed E-state index contributed by atoms with van der Waals surface area (Å²) in [7, 11) is 0. The van der Waals surface area contributed by atoms with Gasteiger partial charge >= 0.3 is 11.9 Å². The minimum Gasteiger partial charge on any atom is -0.458 e. The minimum atomic E-state index is -1.82. The van der Waals surface area contributed by atoms with Crippen molar-refractivity contribution in [2.24, 2.45) is 29.1 Å². The summed E-state index contributed by atoms with van der Waals surface area (Å²) >= 11 is 0. The van der Waals surface area contributed by atoms with Gasteiger partial charge in [0.2, 0.25) is 0 Å². The summed E-state index contributed by atoms with van der Waals surface area (Å²) in [6.45, 7) is 12.3. The Morgan fingerprint density at radius 2 is 1.85 bits per heavy atom. The molecule has 2 N–H and O–H groups in total. The van der Waals surface area contributed by atoms with Crippen LogP contribution in [0.15, 0.2) is 34.9 Å². The van der Waals surface area contributed by atoms with Gasteiger partial charge < -0.3 is 19.7 Å². The maximum Gasteiger partial charge on any atom is 0.333 e. The molecule has 0 aromatic carbocycles. The van der Waals surface area contributed by atoms with E-state index >= 15 is 0 Å². The number of esters is 2. The molecule has 0 bridgehead atoms. The SMILES string of the molecule is C/C=C(/C)C(=O)OCC1=C[C@H]2[C@@H]3C(C)(C)[C@]3(OC(C)=O)C[C@@H](C)[C@]2(O)[C@@H]2C=C(C)C(=O)[C@@]2(O)C1. The molecule has 7 atom stereocenters. The topological polar surface area (TPSA) is 110 Å². The van der Waals surface area contributed by atoms with Gasteiger partial charge in [0.15, 0.2) is 5.78 Å². The Morgan fingerprint density at radius 3 is 2.44 bits per heavy atom. The Labute approximate surface area is 200 Å². The summed E-state index contributed by atoms with van der Waals surface area (Å²) in [6, 6.07) is 0. The van der Waals surface area contributed by atoms with Crippen LogP contribution in [0.2, 0.25) is 0 Å². The lowest BCUT2D eigenvalue weighted by atomic mass is 9.60. The van der Waals surface area contributed by atoms with Crippen LogP contribution in [0.3, 0.4) is 0 Å². The van der Waals surface area contributed by atoms with Crippen LogP contribution in [0.1, 0.15) is 61.3 Å². The minimum absolute atomic E-state index is 0.0360. The molecule has 0 radical (unpaired) electrons. The number of fused-ring (bicyclic) bond motifs is 5. The van der Waals surface area contributed by atoms with Gasteiger partial charge in [0.25, 0.3) is 0 Å². The molecule has 7 heteroatoms. The molecule has 2 fully saturated rings. The van der Waals surface area contributed by atoms with Crippen LogP contribution in [-0.2, 0) is 23.9 Å². The predicted molar refractivity (Wildman–Crippen MR) is 124 cm³/mol. The van der Waals surface area contributed by atoms with Gasteiger partial charge in [0.05, 0.1) is 5.60 Å². The zero-order valence-corrected chi connectivity index (χ0v) is 21.1. The van der Waals surface area contributed by atoms with Gasteiger partial charge in [-0.25, -0.2) is 4.79 Å². The van der Waals surface area contributed by atoms with Crippen molar-refractivity contribution in [2.45, 2.75) is 78.1 Å². The van der Waals surface area contributed by atoms with E-state index in [-0.39, 0.29) is 30.8 Å². The Bertz CT molecular complexity index is 1050. The average Bonchev–Trinajstić information content (AvgIpc) is 3.15. The lowest BCUT2D eigenvalue weighted by Crippen LogP contribution is -2.61. The van der Waals surface area contributed by atoms with Crippen molar-refractivity contribution in [3.05, 3.63) is 34.9 Å². The third kappa shape index (κ3) is 3.12. The number of rotatable bonds is 4. The maximum absolute atomic E-state index is 13.2. The molecule has 4 aliphatic carbocycles. The number of hydrogen-bond donors (Lipinski definition) is 2. The molecule has 0 unspecified atom stereocenters. The summed E-state index contributed by atoms with van der Waals surface area (Å²) in [5.74, 6) is -3.16. The number of allylic oxidation sites excluding steroid dienone is 1. The van der Waals surface area contributed by atoms with E-state index in [2.05, 4.69) is 0 Å². The molecule has 34 heavy (non-hydrogen) atoms. The van der Waals surface area contributed by atoms with Crippen molar-refractivity contribution in [2.75, 3.05) is 6.61 Å². The lowest BCUT2D eigenvalue weighted by Gasteiger charge is -2.50. The summed E-state index contributed by atoms with van der Waals surface area (Å²) in [6.07, 6.45) is 5.63. The first-order valence-electron chi connectivity index (χ1n) is 12.0. The number of hydrogen-bond acceptors (Lipinski definition) is 7. The molecule has 0 amide bonds. The summed E-state index contributed by atoms with van der Waals surface area (Å²) in [5, 5.41) is 24.1. The van der Waals surface area contributed by atoms with Gasteiger partial charge in [0, 0.05) is 42.1 Å². The van der Waals surface area contributed by atoms with E-state index < -0.39 is 45.8 Å². The number of aliphatic hydroxyl groups is 2. The normalized spacial score (nSPS) is 42.4. The first kappa shape index (κ1) is 24.9. The van der Waals surface area contributed by atoms with E-state index in [1.54, 1.807) is 32.9 Å². The third-order valence-electron chi connectivity index (χ3n) is 9.14. The molecule has 4 aliphatic rings. The van der Waals surface area contributed by atoms with E-state index in [0.29, 0.717) is 23.1 Å². The molecule has 0 spiro atoms. The number of carbonyl (C=O) groups is 3. The van der Waals surface area contributed by atoms with Crippen molar-refractivity contribution < 1.29 is 34.1 Å². The third-order valence-corrected chi connectivity index (χ3v) is 9.14. The molecule has 0 heterocycles. The van der Waals surface area contributed by atoms with Crippen molar-refractivity contribution in [3.8, 4) is 0 Å². The van der Waals surface area contributed by atoms with E-state index in [0.717, 1.165) is 0 Å². The van der Waals surface area contributed by atoms with Gasteiger partial charge in [0.1, 0.15) is 17.8 Å². The molecule has 186 valence electrons. The highest BCUT2D eigenvalue weighted by atomic mass is 16.6. The summed E-state index contributed by atoms with van der Waals surface area (Å²) < 4.78 is 11.4. The van der Waals surface area contributed by atoms with Gasteiger partial charge in [-0.05, 0) is 44.3 Å². The highest BCUT2D eigenvalue weighted by Crippen LogP contribution is 2.76. The molecule has 4 rings (SSSR count). The Hall–Kier alpha value is -2.25. The zero-order valence-electron chi connectivity index (χ0n) is 21.1. The van der Waals surface area contributed by atoms with Crippen molar-refractivity contribution in [1.82, 2.24) is 0 Å². The van der Waals surface area contributed by atoms with Crippen LogP contribution in [0.4, 0.5) is 0 Å². The second-order valence-electron chi connectivity index (χ2n) is 11.3. The largest absolute Gasteiger partial charge is 0.458 e. The molecule has 7 nitrogen and oxygen atoms in total. The first-order valence-corrected chi connectivity index (χ1v) is 12.0. The van der Waals surface area contributed by atoms with E-state index in [9.17, 15) is 24.6 Å². The Kier molecular flexibility index (Phi) is 5.57. The van der Waals surface area contributed by atoms with Gasteiger partial charge in [-0.3, -0.25) is 9.59 Å². The fraction of sp³-hybridized carbons (Fsp3) is 0.667. The van der Waals surface area contributed by atoms with Crippen LogP contribution in [-0.4, -0.2) is 51.3 Å². The fourth-order valence-electron chi connectivity index (χ4n) is 7.23.